The summed E-state index contributed by atoms with van der Waals surface area (Å²) in [5.41, 5.74) is 5.86. The predicted molar refractivity (Wildman–Crippen MR) is 89.0 cm³/mol. The van der Waals surface area contributed by atoms with Crippen LogP contribution in [0.25, 0.3) is 10.9 Å². The average Bonchev–Trinajstić information content (AvgIpc) is 3.00. The molecule has 7 heteroatoms. The molecule has 0 fully saturated rings. The van der Waals surface area contributed by atoms with Crippen LogP contribution in [-0.4, -0.2) is 16.8 Å². The zero-order valence-corrected chi connectivity index (χ0v) is 13.2. The molecule has 24 heavy (non-hydrogen) atoms. The van der Waals surface area contributed by atoms with Crippen molar-refractivity contribution in [2.45, 2.75) is 6.42 Å². The Hall–Kier alpha value is -2.86. The zero-order chi connectivity index (χ0) is 17.1. The normalized spacial score (nSPS) is 10.6. The van der Waals surface area contributed by atoms with Gasteiger partial charge in [-0.2, -0.15) is 0 Å². The highest BCUT2D eigenvalue weighted by atomic mass is 35.5. The first kappa shape index (κ1) is 16.0. The van der Waals surface area contributed by atoms with Gasteiger partial charge in [-0.25, -0.2) is 4.39 Å². The minimum absolute atomic E-state index is 0.0815. The van der Waals surface area contributed by atoms with E-state index in [4.69, 9.17) is 11.6 Å². The van der Waals surface area contributed by atoms with E-state index in [1.165, 1.54) is 18.2 Å². The van der Waals surface area contributed by atoms with E-state index in [0.29, 0.717) is 5.56 Å². The van der Waals surface area contributed by atoms with Gasteiger partial charge in [0.05, 0.1) is 12.0 Å². The monoisotopic (exact) mass is 345 g/mol. The van der Waals surface area contributed by atoms with Crippen molar-refractivity contribution in [1.82, 2.24) is 15.8 Å². The van der Waals surface area contributed by atoms with E-state index >= 15 is 0 Å². The molecule has 0 spiro atoms. The Morgan fingerprint density at radius 1 is 1.08 bits per heavy atom. The highest BCUT2D eigenvalue weighted by Crippen LogP contribution is 2.19. The Bertz CT molecular complexity index is 903. The van der Waals surface area contributed by atoms with Crippen molar-refractivity contribution in [3.63, 3.8) is 0 Å². The van der Waals surface area contributed by atoms with Gasteiger partial charge in [0.15, 0.2) is 0 Å². The minimum Gasteiger partial charge on any atom is -0.360 e. The van der Waals surface area contributed by atoms with Gasteiger partial charge in [-0.3, -0.25) is 20.4 Å². The number of fused-ring (bicyclic) bond motifs is 1. The lowest BCUT2D eigenvalue weighted by Gasteiger charge is -2.08. The number of aromatic nitrogens is 1. The van der Waals surface area contributed by atoms with Crippen molar-refractivity contribution in [3.05, 3.63) is 70.6 Å². The Balaban J connectivity index is 1.65. The summed E-state index contributed by atoms with van der Waals surface area (Å²) < 4.78 is 13.7. The molecule has 0 atom stereocenters. The molecule has 5 nitrogen and oxygen atoms in total. The van der Waals surface area contributed by atoms with Gasteiger partial charge in [0.25, 0.3) is 5.91 Å². The summed E-state index contributed by atoms with van der Waals surface area (Å²) in [6.45, 7) is 0. The number of benzene rings is 2. The van der Waals surface area contributed by atoms with Crippen LogP contribution in [0.15, 0.2) is 48.7 Å². The maximum Gasteiger partial charge on any atom is 0.271 e. The third-order valence-electron chi connectivity index (χ3n) is 3.55. The number of H-pyrrole nitrogens is 1. The molecule has 3 N–H and O–H groups in total. The van der Waals surface area contributed by atoms with Gasteiger partial charge in [0.1, 0.15) is 5.82 Å². The van der Waals surface area contributed by atoms with Crippen molar-refractivity contribution in [1.29, 1.82) is 0 Å². The highest BCUT2D eigenvalue weighted by molar-refractivity contribution is 6.31. The molecule has 3 aromatic rings. The first-order valence-corrected chi connectivity index (χ1v) is 7.52. The number of aromatic amines is 1. The van der Waals surface area contributed by atoms with Crippen LogP contribution < -0.4 is 10.9 Å². The van der Waals surface area contributed by atoms with Gasteiger partial charge in [0.2, 0.25) is 5.91 Å². The van der Waals surface area contributed by atoms with Gasteiger partial charge in [-0.05, 0) is 18.2 Å². The molecule has 0 saturated carbocycles. The molecule has 0 aliphatic rings. The smallest absolute Gasteiger partial charge is 0.271 e. The topological polar surface area (TPSA) is 74.0 Å². The summed E-state index contributed by atoms with van der Waals surface area (Å²) in [6, 6.07) is 11.5. The number of hydrogen-bond donors (Lipinski definition) is 3. The van der Waals surface area contributed by atoms with Gasteiger partial charge in [-0.1, -0.05) is 35.9 Å². The molecule has 1 aromatic heterocycles. The molecule has 2 amide bonds. The Kier molecular flexibility index (Phi) is 4.48. The average molecular weight is 346 g/mol. The highest BCUT2D eigenvalue weighted by Gasteiger charge is 2.15. The fourth-order valence-electron chi connectivity index (χ4n) is 2.36. The van der Waals surface area contributed by atoms with E-state index in [-0.39, 0.29) is 17.0 Å². The first-order valence-electron chi connectivity index (χ1n) is 7.14. The standard InChI is InChI=1S/C17H13ClFN3O2/c18-13-5-3-6-14(19)11(13)8-16(23)21-22-17(24)12-9-20-15-7-2-1-4-10(12)15/h1-7,9,20H,8H2,(H,21,23)(H,22,24). The number of rotatable bonds is 3. The van der Waals surface area contributed by atoms with Crippen molar-refractivity contribution < 1.29 is 14.0 Å². The molecular formula is C17H13ClFN3O2. The molecule has 1 heterocycles. The summed E-state index contributed by atoms with van der Waals surface area (Å²) in [5, 5.41) is 0.898. The molecule has 0 saturated heterocycles. The lowest BCUT2D eigenvalue weighted by atomic mass is 10.1. The Morgan fingerprint density at radius 2 is 1.88 bits per heavy atom. The number of para-hydroxylation sites is 1. The van der Waals surface area contributed by atoms with Crippen molar-refractivity contribution in [2.75, 3.05) is 0 Å². The summed E-state index contributed by atoms with van der Waals surface area (Å²) in [5.74, 6) is -1.61. The fraction of sp³-hybridized carbons (Fsp3) is 0.0588. The molecule has 0 aliphatic heterocycles. The van der Waals surface area contributed by atoms with Crippen molar-refractivity contribution in [3.8, 4) is 0 Å². The van der Waals surface area contributed by atoms with Crippen LogP contribution in [0.3, 0.4) is 0 Å². The molecular weight excluding hydrogens is 333 g/mol. The molecule has 2 aromatic carbocycles. The van der Waals surface area contributed by atoms with E-state index in [2.05, 4.69) is 15.8 Å². The number of carbonyl (C=O) groups is 2. The van der Waals surface area contributed by atoms with E-state index in [1.54, 1.807) is 12.3 Å². The quantitative estimate of drug-likeness (QED) is 0.638. The van der Waals surface area contributed by atoms with Crippen LogP contribution in [0.2, 0.25) is 5.02 Å². The summed E-state index contributed by atoms with van der Waals surface area (Å²) >= 11 is 5.87. The van der Waals surface area contributed by atoms with Crippen LogP contribution in [0, 0.1) is 5.82 Å². The van der Waals surface area contributed by atoms with Gasteiger partial charge < -0.3 is 4.98 Å². The lowest BCUT2D eigenvalue weighted by molar-refractivity contribution is -0.121. The van der Waals surface area contributed by atoms with Crippen molar-refractivity contribution in [2.24, 2.45) is 0 Å². The Morgan fingerprint density at radius 3 is 2.67 bits per heavy atom. The van der Waals surface area contributed by atoms with E-state index < -0.39 is 17.6 Å². The third-order valence-corrected chi connectivity index (χ3v) is 3.90. The van der Waals surface area contributed by atoms with Gasteiger partial charge in [0, 0.05) is 27.7 Å². The van der Waals surface area contributed by atoms with Crippen LogP contribution in [0.1, 0.15) is 15.9 Å². The second-order valence-corrected chi connectivity index (χ2v) is 5.53. The summed E-state index contributed by atoms with van der Waals surface area (Å²) in [4.78, 5) is 27.0. The first-order chi connectivity index (χ1) is 11.6. The van der Waals surface area contributed by atoms with Gasteiger partial charge in [-0.15, -0.1) is 0 Å². The lowest BCUT2D eigenvalue weighted by Crippen LogP contribution is -2.42. The SMILES string of the molecule is O=C(Cc1c(F)cccc1Cl)NNC(=O)c1c[nH]c2ccccc12. The second-order valence-electron chi connectivity index (χ2n) is 5.13. The van der Waals surface area contributed by atoms with Crippen LogP contribution in [0.5, 0.6) is 0 Å². The largest absolute Gasteiger partial charge is 0.360 e. The molecule has 3 rings (SSSR count). The summed E-state index contributed by atoms with van der Waals surface area (Å²) in [6.07, 6.45) is 1.28. The number of hydrazine groups is 1. The molecule has 0 unspecified atom stereocenters. The zero-order valence-electron chi connectivity index (χ0n) is 12.4. The van der Waals surface area contributed by atoms with Crippen LogP contribution >= 0.6 is 11.6 Å². The number of amides is 2. The minimum atomic E-state index is -0.574. The third kappa shape index (κ3) is 3.23. The van der Waals surface area contributed by atoms with E-state index in [1.807, 2.05) is 18.2 Å². The molecule has 0 aliphatic carbocycles. The summed E-state index contributed by atoms with van der Waals surface area (Å²) in [7, 11) is 0. The fourth-order valence-corrected chi connectivity index (χ4v) is 2.59. The predicted octanol–water partition coefficient (Wildman–Crippen LogP) is 2.96. The molecule has 0 radical (unpaired) electrons. The number of halogens is 2. The second kappa shape index (κ2) is 6.72. The van der Waals surface area contributed by atoms with Crippen LogP contribution in [0.4, 0.5) is 4.39 Å². The van der Waals surface area contributed by atoms with Gasteiger partial charge >= 0.3 is 0 Å². The van der Waals surface area contributed by atoms with Crippen molar-refractivity contribution >= 4 is 34.3 Å². The maximum atomic E-state index is 13.7. The van der Waals surface area contributed by atoms with Crippen LogP contribution in [-0.2, 0) is 11.2 Å². The number of carbonyl (C=O) groups excluding carboxylic acids is 2. The number of nitrogens with one attached hydrogen (secondary N) is 3. The maximum absolute atomic E-state index is 13.7. The molecule has 122 valence electrons. The Labute approximate surface area is 141 Å². The van der Waals surface area contributed by atoms with E-state index in [0.717, 1.165) is 10.9 Å². The molecule has 0 bridgehead atoms. The number of hydrogen-bond acceptors (Lipinski definition) is 2. The van der Waals surface area contributed by atoms with E-state index in [9.17, 15) is 14.0 Å².